The van der Waals surface area contributed by atoms with Crippen LogP contribution in [0.15, 0.2) is 6.07 Å². The molecule has 0 bridgehead atoms. The van der Waals surface area contributed by atoms with Crippen LogP contribution in [0.2, 0.25) is 0 Å². The fourth-order valence-corrected chi connectivity index (χ4v) is 2.06. The summed E-state index contributed by atoms with van der Waals surface area (Å²) in [5, 5.41) is 17.8. The molecule has 0 aliphatic carbocycles. The van der Waals surface area contributed by atoms with Crippen molar-refractivity contribution in [3.8, 4) is 6.07 Å². The number of hydrogen-bond donors (Lipinski definition) is 2. The van der Waals surface area contributed by atoms with Crippen molar-refractivity contribution in [1.82, 2.24) is 14.5 Å². The number of hydrogen-bond acceptors (Lipinski definition) is 4. The topological polar surface area (TPSA) is 81.2 Å². The third-order valence-corrected chi connectivity index (χ3v) is 2.85. The Morgan fingerprint density at radius 2 is 2.35 bits per heavy atom. The zero-order chi connectivity index (χ0) is 12.6. The summed E-state index contributed by atoms with van der Waals surface area (Å²) >= 11 is 5.03. The highest BCUT2D eigenvalue weighted by molar-refractivity contribution is 7.71. The monoisotopic (exact) mass is 245 g/mol. The minimum Gasteiger partial charge on any atom is -0.334 e. The molecule has 2 heterocycles. The van der Waals surface area contributed by atoms with Crippen molar-refractivity contribution in [1.29, 1.82) is 10.7 Å². The molecule has 86 valence electrons. The quantitative estimate of drug-likeness (QED) is 0.751. The first-order valence-corrected chi connectivity index (χ1v) is 5.58. The molecule has 2 aromatic rings. The fraction of sp³-hybridized carbons (Fsp3) is 0.273. The Balaban J connectivity index is 3.10. The molecule has 2 aromatic heterocycles. The van der Waals surface area contributed by atoms with Gasteiger partial charge in [-0.05, 0) is 32.1 Å². The van der Waals surface area contributed by atoms with Crippen LogP contribution in [0.1, 0.15) is 18.2 Å². The van der Waals surface area contributed by atoms with Gasteiger partial charge in [0.05, 0.1) is 5.56 Å². The summed E-state index contributed by atoms with van der Waals surface area (Å²) in [6.07, 6.45) is 0. The molecule has 0 atom stereocenters. The first kappa shape index (κ1) is 11.5. The van der Waals surface area contributed by atoms with Gasteiger partial charge in [0.25, 0.3) is 0 Å². The van der Waals surface area contributed by atoms with Gasteiger partial charge in [-0.15, -0.1) is 0 Å². The van der Waals surface area contributed by atoms with E-state index in [4.69, 9.17) is 22.9 Å². The minimum atomic E-state index is 0.176. The molecule has 0 unspecified atom stereocenters. The van der Waals surface area contributed by atoms with Crippen LogP contribution < -0.4 is 5.49 Å². The number of aryl methyl sites for hydroxylation is 2. The van der Waals surface area contributed by atoms with Gasteiger partial charge in [0, 0.05) is 17.6 Å². The Morgan fingerprint density at radius 3 is 2.94 bits per heavy atom. The van der Waals surface area contributed by atoms with Gasteiger partial charge in [-0.25, -0.2) is 4.98 Å². The van der Waals surface area contributed by atoms with Crippen molar-refractivity contribution in [2.45, 2.75) is 20.4 Å². The smallest absolute Gasteiger partial charge is 0.198 e. The van der Waals surface area contributed by atoms with E-state index in [1.165, 1.54) is 0 Å². The van der Waals surface area contributed by atoms with Gasteiger partial charge in [-0.3, -0.25) is 5.41 Å². The van der Waals surface area contributed by atoms with Gasteiger partial charge in [0.2, 0.25) is 0 Å². The first-order valence-electron chi connectivity index (χ1n) is 5.17. The van der Waals surface area contributed by atoms with E-state index >= 15 is 0 Å². The average molecular weight is 245 g/mol. The molecule has 0 amide bonds. The Morgan fingerprint density at radius 1 is 1.65 bits per heavy atom. The normalized spacial score (nSPS) is 10.4. The van der Waals surface area contributed by atoms with Gasteiger partial charge >= 0.3 is 0 Å². The lowest BCUT2D eigenvalue weighted by Gasteiger charge is -2.10. The van der Waals surface area contributed by atoms with Crippen LogP contribution in [-0.2, 0) is 6.54 Å². The van der Waals surface area contributed by atoms with E-state index in [0.717, 1.165) is 11.1 Å². The molecule has 0 fully saturated rings. The fourth-order valence-electron chi connectivity index (χ4n) is 1.82. The number of aromatic nitrogens is 3. The molecule has 0 aliphatic rings. The summed E-state index contributed by atoms with van der Waals surface area (Å²) in [5.74, 6) is 0. The largest absolute Gasteiger partial charge is 0.334 e. The molecule has 0 aliphatic heterocycles. The third kappa shape index (κ3) is 1.74. The second-order valence-electron chi connectivity index (χ2n) is 3.67. The highest BCUT2D eigenvalue weighted by Gasteiger charge is 2.08. The number of nitriles is 1. The lowest BCUT2D eigenvalue weighted by atomic mass is 10.2. The molecule has 0 saturated heterocycles. The Bertz CT molecular complexity index is 747. The highest BCUT2D eigenvalue weighted by atomic mass is 32.1. The molecule has 2 rings (SSSR count). The second kappa shape index (κ2) is 4.11. The van der Waals surface area contributed by atoms with Gasteiger partial charge in [0.15, 0.2) is 4.77 Å². The third-order valence-electron chi connectivity index (χ3n) is 2.65. The average Bonchev–Trinajstić information content (AvgIpc) is 2.28. The predicted octanol–water partition coefficient (Wildman–Crippen LogP) is 1.77. The summed E-state index contributed by atoms with van der Waals surface area (Å²) in [6.45, 7) is 4.37. The first-order chi connectivity index (χ1) is 8.08. The predicted molar refractivity (Wildman–Crippen MR) is 65.9 cm³/mol. The van der Waals surface area contributed by atoms with Crippen LogP contribution in [-0.4, -0.2) is 14.5 Å². The Kier molecular flexibility index (Phi) is 2.77. The molecule has 0 saturated carbocycles. The van der Waals surface area contributed by atoms with Crippen LogP contribution in [0, 0.1) is 28.4 Å². The standard InChI is InChI=1S/C11H11N5S/c1-3-16-9(13)7(5-12)4-8-6(2)14-11(17)15-10(8)16/h4,13H,3H2,1-2H3,(H,14,15,17). The number of H-pyrrole nitrogens is 1. The van der Waals surface area contributed by atoms with Crippen molar-refractivity contribution >= 4 is 23.3 Å². The molecular formula is C11H11N5S. The number of nitrogens with one attached hydrogen (secondary N) is 2. The molecule has 2 N–H and O–H groups in total. The lowest BCUT2D eigenvalue weighted by Crippen LogP contribution is -2.23. The molecule has 0 aromatic carbocycles. The summed E-state index contributed by atoms with van der Waals surface area (Å²) in [4.78, 5) is 7.19. The maximum absolute atomic E-state index is 9.01. The van der Waals surface area contributed by atoms with E-state index in [9.17, 15) is 0 Å². The van der Waals surface area contributed by atoms with Crippen molar-refractivity contribution in [3.63, 3.8) is 0 Å². The second-order valence-corrected chi connectivity index (χ2v) is 4.05. The molecule has 17 heavy (non-hydrogen) atoms. The van der Waals surface area contributed by atoms with E-state index in [2.05, 4.69) is 9.97 Å². The van der Waals surface area contributed by atoms with Crippen molar-refractivity contribution in [2.24, 2.45) is 0 Å². The number of rotatable bonds is 1. The van der Waals surface area contributed by atoms with E-state index < -0.39 is 0 Å². The molecule has 0 spiro atoms. The van der Waals surface area contributed by atoms with E-state index in [0.29, 0.717) is 22.5 Å². The number of nitrogens with zero attached hydrogens (tertiary/aromatic N) is 3. The van der Waals surface area contributed by atoms with Gasteiger partial charge < -0.3 is 9.55 Å². The zero-order valence-corrected chi connectivity index (χ0v) is 10.4. The highest BCUT2D eigenvalue weighted by Crippen LogP contribution is 2.13. The minimum absolute atomic E-state index is 0.176. The summed E-state index contributed by atoms with van der Waals surface area (Å²) < 4.78 is 2.08. The number of fused-ring (bicyclic) bond motifs is 1. The van der Waals surface area contributed by atoms with Crippen LogP contribution in [0.3, 0.4) is 0 Å². The maximum Gasteiger partial charge on any atom is 0.198 e. The van der Waals surface area contributed by atoms with Gasteiger partial charge in [0.1, 0.15) is 17.2 Å². The maximum atomic E-state index is 9.01. The van der Waals surface area contributed by atoms with Crippen molar-refractivity contribution in [3.05, 3.63) is 27.6 Å². The van der Waals surface area contributed by atoms with Crippen LogP contribution >= 0.6 is 12.2 Å². The summed E-state index contributed by atoms with van der Waals surface area (Å²) in [6, 6.07) is 3.71. The van der Waals surface area contributed by atoms with Crippen molar-refractivity contribution in [2.75, 3.05) is 0 Å². The van der Waals surface area contributed by atoms with E-state index in [1.54, 1.807) is 10.6 Å². The summed E-state index contributed by atoms with van der Waals surface area (Å²) in [7, 11) is 0. The van der Waals surface area contributed by atoms with E-state index in [-0.39, 0.29) is 5.49 Å². The Hall–Kier alpha value is -2.00. The van der Waals surface area contributed by atoms with Crippen LogP contribution in [0.5, 0.6) is 0 Å². The molecule has 0 radical (unpaired) electrons. The zero-order valence-electron chi connectivity index (χ0n) is 9.53. The van der Waals surface area contributed by atoms with Gasteiger partial charge in [-0.1, -0.05) is 0 Å². The number of aromatic amines is 1. The van der Waals surface area contributed by atoms with Crippen LogP contribution in [0.25, 0.3) is 11.0 Å². The summed E-state index contributed by atoms with van der Waals surface area (Å²) in [5.41, 5.74) is 2.03. The Labute approximate surface area is 103 Å². The SMILES string of the molecule is CCn1c(=N)c(C#N)cc2c(C)[nH]c(=S)nc21. The lowest BCUT2D eigenvalue weighted by molar-refractivity contribution is 0.719. The number of pyridine rings is 1. The van der Waals surface area contributed by atoms with Crippen LogP contribution in [0.4, 0.5) is 0 Å². The molecule has 6 heteroatoms. The van der Waals surface area contributed by atoms with E-state index in [1.807, 2.05) is 19.9 Å². The molecule has 5 nitrogen and oxygen atoms in total. The van der Waals surface area contributed by atoms with Crippen molar-refractivity contribution < 1.29 is 0 Å². The van der Waals surface area contributed by atoms with Gasteiger partial charge in [-0.2, -0.15) is 5.26 Å². The molecular weight excluding hydrogens is 234 g/mol.